The molecule has 0 bridgehead atoms. The third kappa shape index (κ3) is 7.75. The van der Waals surface area contributed by atoms with E-state index in [-0.39, 0.29) is 23.4 Å². The van der Waals surface area contributed by atoms with Crippen LogP contribution in [-0.4, -0.2) is 25.2 Å². The number of carbonyl (C=O) groups excluding carboxylic acids is 1. The maximum atomic E-state index is 13.6. The third-order valence-electron chi connectivity index (χ3n) is 4.10. The van der Waals surface area contributed by atoms with Crippen LogP contribution in [0.15, 0.2) is 48.5 Å². The Morgan fingerprint density at radius 1 is 0.767 bits per heavy atom. The van der Waals surface area contributed by atoms with Gasteiger partial charge in [-0.2, -0.15) is 0 Å². The Labute approximate surface area is 179 Å². The van der Waals surface area contributed by atoms with Crippen molar-refractivity contribution in [2.75, 3.05) is 19.4 Å². The van der Waals surface area contributed by atoms with E-state index in [1.807, 2.05) is 12.1 Å². The molecule has 0 fully saturated rings. The van der Waals surface area contributed by atoms with E-state index in [4.69, 9.17) is 18.5 Å². The minimum atomic E-state index is -3.86. The van der Waals surface area contributed by atoms with Crippen molar-refractivity contribution < 1.29 is 27.9 Å². The molecule has 0 aliphatic carbocycles. The number of hydrogen-bond acceptors (Lipinski definition) is 6. The van der Waals surface area contributed by atoms with Gasteiger partial charge in [0.05, 0.1) is 13.2 Å². The Bertz CT molecular complexity index is 792. The molecule has 0 heterocycles. The molecule has 2 aromatic rings. The maximum absolute atomic E-state index is 13.6. The first-order chi connectivity index (χ1) is 14.5. The summed E-state index contributed by atoms with van der Waals surface area (Å²) in [5.74, 6) is 1.19. The summed E-state index contributed by atoms with van der Waals surface area (Å²) in [5.41, 5.74) is 0. The number of hydrogen-bond donors (Lipinski definition) is 0. The lowest BCUT2D eigenvalue weighted by Gasteiger charge is -2.22. The highest BCUT2D eigenvalue weighted by molar-refractivity contribution is 7.55. The van der Waals surface area contributed by atoms with E-state index in [0.717, 1.165) is 25.7 Å². The molecule has 30 heavy (non-hydrogen) atoms. The molecule has 0 unspecified atom stereocenters. The van der Waals surface area contributed by atoms with Gasteiger partial charge in [0, 0.05) is 0 Å². The van der Waals surface area contributed by atoms with Gasteiger partial charge in [0.2, 0.25) is 0 Å². The number of Topliss-reactive ketones (excluding diaryl/α,β-unsaturated/α-hetero) is 1. The summed E-state index contributed by atoms with van der Waals surface area (Å²) in [6.45, 7) is 6.53. The van der Waals surface area contributed by atoms with Gasteiger partial charge in [0.25, 0.3) is 0 Å². The highest BCUT2D eigenvalue weighted by atomic mass is 31.2. The van der Waals surface area contributed by atoms with Gasteiger partial charge in [-0.3, -0.25) is 4.79 Å². The lowest BCUT2D eigenvalue weighted by Crippen LogP contribution is -2.12. The molecule has 0 aromatic heterocycles. The molecule has 0 saturated carbocycles. The van der Waals surface area contributed by atoms with Crippen LogP contribution < -0.4 is 18.5 Å². The average molecular weight is 434 g/mol. The Morgan fingerprint density at radius 2 is 1.17 bits per heavy atom. The van der Waals surface area contributed by atoms with Crippen molar-refractivity contribution in [3.05, 3.63) is 48.5 Å². The van der Waals surface area contributed by atoms with E-state index < -0.39 is 7.60 Å². The normalized spacial score (nSPS) is 11.0. The zero-order chi connectivity index (χ0) is 21.8. The quantitative estimate of drug-likeness (QED) is 0.257. The van der Waals surface area contributed by atoms with Crippen LogP contribution in [0.3, 0.4) is 0 Å². The zero-order valence-corrected chi connectivity index (χ0v) is 18.9. The predicted molar refractivity (Wildman–Crippen MR) is 118 cm³/mol. The number of benzene rings is 2. The van der Waals surface area contributed by atoms with E-state index in [1.165, 1.54) is 6.92 Å². The Hall–Kier alpha value is -2.46. The van der Waals surface area contributed by atoms with Crippen LogP contribution in [-0.2, 0) is 9.36 Å². The van der Waals surface area contributed by atoms with E-state index in [0.29, 0.717) is 24.7 Å². The number of ether oxygens (including phenoxy) is 2. The fourth-order valence-corrected chi connectivity index (χ4v) is 4.21. The molecule has 2 rings (SSSR count). The zero-order valence-electron chi connectivity index (χ0n) is 18.0. The molecule has 0 radical (unpaired) electrons. The molecule has 6 nitrogen and oxygen atoms in total. The summed E-state index contributed by atoms with van der Waals surface area (Å²) >= 11 is 0. The first-order valence-electron chi connectivity index (χ1n) is 10.4. The highest BCUT2D eigenvalue weighted by Crippen LogP contribution is 2.52. The summed E-state index contributed by atoms with van der Waals surface area (Å²) in [6, 6.07) is 13.9. The molecule has 0 aliphatic rings. The van der Waals surface area contributed by atoms with Gasteiger partial charge < -0.3 is 18.5 Å². The Morgan fingerprint density at radius 3 is 1.53 bits per heavy atom. The minimum Gasteiger partial charge on any atom is -0.490 e. The van der Waals surface area contributed by atoms with Gasteiger partial charge in [0.15, 0.2) is 23.0 Å². The van der Waals surface area contributed by atoms with Crippen LogP contribution in [0.1, 0.15) is 46.5 Å². The van der Waals surface area contributed by atoms with Crippen LogP contribution in [0.4, 0.5) is 0 Å². The number of ketones is 1. The van der Waals surface area contributed by atoms with Crippen LogP contribution >= 0.6 is 7.60 Å². The summed E-state index contributed by atoms with van der Waals surface area (Å²) in [5, 5.41) is 0. The van der Waals surface area contributed by atoms with E-state index in [2.05, 4.69) is 13.8 Å². The van der Waals surface area contributed by atoms with E-state index in [1.54, 1.807) is 36.4 Å². The van der Waals surface area contributed by atoms with Gasteiger partial charge >= 0.3 is 7.60 Å². The molecule has 0 N–H and O–H groups in total. The predicted octanol–water partition coefficient (Wildman–Crippen LogP) is 6.28. The van der Waals surface area contributed by atoms with Crippen molar-refractivity contribution in [2.45, 2.75) is 46.5 Å². The fraction of sp³-hybridized carbons (Fsp3) is 0.435. The summed E-state index contributed by atoms with van der Waals surface area (Å²) in [7, 11) is -3.86. The van der Waals surface area contributed by atoms with Crippen molar-refractivity contribution in [1.29, 1.82) is 0 Å². The maximum Gasteiger partial charge on any atom is 0.438 e. The molecular weight excluding hydrogens is 403 g/mol. The van der Waals surface area contributed by atoms with Gasteiger partial charge in [-0.15, -0.1) is 0 Å². The second-order valence-electron chi connectivity index (χ2n) is 6.95. The lowest BCUT2D eigenvalue weighted by molar-refractivity contribution is -0.114. The SMILES string of the molecule is CCCCOc1ccccc1OP(=O)(CC(C)=O)Oc1ccccc1OCCCC. The molecule has 2 aromatic carbocycles. The number of unbranched alkanes of at least 4 members (excludes halogenated alkanes) is 2. The minimum absolute atomic E-state index is 0.280. The smallest absolute Gasteiger partial charge is 0.438 e. The largest absolute Gasteiger partial charge is 0.490 e. The lowest BCUT2D eigenvalue weighted by atomic mass is 10.3. The standard InChI is InChI=1S/C23H31O6P/c1-4-6-16-26-20-12-8-10-14-22(20)28-30(25,18-19(3)24)29-23-15-11-9-13-21(23)27-17-7-5-2/h8-15H,4-7,16-18H2,1-3H3. The first-order valence-corrected chi connectivity index (χ1v) is 12.1. The molecule has 0 aliphatic heterocycles. The second kappa shape index (κ2) is 12.3. The third-order valence-corrected chi connectivity index (χ3v) is 5.88. The molecule has 0 saturated heterocycles. The van der Waals surface area contributed by atoms with E-state index in [9.17, 15) is 9.36 Å². The monoisotopic (exact) mass is 434 g/mol. The summed E-state index contributed by atoms with van der Waals surface area (Å²) < 4.78 is 36.6. The van der Waals surface area contributed by atoms with Gasteiger partial charge in [-0.05, 0) is 44.0 Å². The molecular formula is C23H31O6P. The summed E-state index contributed by atoms with van der Waals surface area (Å²) in [6.07, 6.45) is 3.39. The van der Waals surface area contributed by atoms with Gasteiger partial charge in [0.1, 0.15) is 11.9 Å². The second-order valence-corrected chi connectivity index (χ2v) is 8.85. The van der Waals surface area contributed by atoms with Crippen molar-refractivity contribution >= 4 is 13.4 Å². The van der Waals surface area contributed by atoms with Crippen molar-refractivity contribution in [3.63, 3.8) is 0 Å². The van der Waals surface area contributed by atoms with Gasteiger partial charge in [-0.25, -0.2) is 4.57 Å². The number of rotatable bonds is 14. The van der Waals surface area contributed by atoms with Crippen molar-refractivity contribution in [1.82, 2.24) is 0 Å². The average Bonchev–Trinajstić information content (AvgIpc) is 2.70. The Kier molecular flexibility index (Phi) is 9.75. The molecule has 164 valence electrons. The van der Waals surface area contributed by atoms with Crippen LogP contribution in [0.25, 0.3) is 0 Å². The molecule has 0 spiro atoms. The van der Waals surface area contributed by atoms with Crippen LogP contribution in [0.2, 0.25) is 0 Å². The fourth-order valence-electron chi connectivity index (χ4n) is 2.60. The van der Waals surface area contributed by atoms with Gasteiger partial charge in [-0.1, -0.05) is 51.0 Å². The van der Waals surface area contributed by atoms with Crippen LogP contribution in [0.5, 0.6) is 23.0 Å². The molecule has 7 heteroatoms. The van der Waals surface area contributed by atoms with Crippen LogP contribution in [0, 0.1) is 0 Å². The van der Waals surface area contributed by atoms with Crippen molar-refractivity contribution in [2.24, 2.45) is 0 Å². The molecule has 0 atom stereocenters. The van der Waals surface area contributed by atoms with E-state index >= 15 is 0 Å². The molecule has 0 amide bonds. The topological polar surface area (TPSA) is 71.1 Å². The first kappa shape index (κ1) is 23.8. The number of para-hydroxylation sites is 4. The summed E-state index contributed by atoms with van der Waals surface area (Å²) in [4.78, 5) is 11.8. The number of carbonyl (C=O) groups is 1. The van der Waals surface area contributed by atoms with Crippen molar-refractivity contribution in [3.8, 4) is 23.0 Å². The highest BCUT2D eigenvalue weighted by Gasteiger charge is 2.32. The Balaban J connectivity index is 2.26.